The van der Waals surface area contributed by atoms with E-state index in [1.54, 1.807) is 6.07 Å². The number of hydrogen-bond acceptors (Lipinski definition) is 4. The van der Waals surface area contributed by atoms with Gasteiger partial charge < -0.3 is 4.74 Å². The zero-order valence-corrected chi connectivity index (χ0v) is 11.3. The van der Waals surface area contributed by atoms with Gasteiger partial charge in [-0.15, -0.1) is 0 Å². The molecule has 2 rings (SSSR count). The largest absolute Gasteiger partial charge is 0.481 e. The van der Waals surface area contributed by atoms with Crippen LogP contribution in [0.3, 0.4) is 0 Å². The minimum absolute atomic E-state index is 0.0539. The van der Waals surface area contributed by atoms with Gasteiger partial charge in [0.25, 0.3) is 0 Å². The Labute approximate surface area is 112 Å². The van der Waals surface area contributed by atoms with Crippen molar-refractivity contribution in [3.8, 4) is 5.88 Å². The van der Waals surface area contributed by atoms with E-state index in [1.165, 1.54) is 13.4 Å². The molecule has 0 amide bonds. The van der Waals surface area contributed by atoms with Gasteiger partial charge in [0, 0.05) is 11.6 Å². The summed E-state index contributed by atoms with van der Waals surface area (Å²) in [6.07, 6.45) is 1.66. The number of hydrogen-bond donors (Lipinski definition) is 0. The van der Waals surface area contributed by atoms with Crippen molar-refractivity contribution in [2.75, 3.05) is 7.11 Å². The van der Waals surface area contributed by atoms with E-state index >= 15 is 0 Å². The Kier molecular flexibility index (Phi) is 3.90. The maximum absolute atomic E-state index is 12.2. The third-order valence-electron chi connectivity index (χ3n) is 2.93. The zero-order chi connectivity index (χ0) is 13.8. The number of Topliss-reactive ketones (excluding diaryl/α,β-unsaturated/α-hetero) is 1. The third kappa shape index (κ3) is 3.16. The maximum Gasteiger partial charge on any atom is 0.216 e. The number of benzene rings is 1. The molecule has 98 valence electrons. The fourth-order valence-corrected chi connectivity index (χ4v) is 1.97. The molecule has 2 aromatic rings. The normalized spacial score (nSPS) is 10.3. The Bertz CT molecular complexity index is 609. The van der Waals surface area contributed by atoms with Gasteiger partial charge in [0.05, 0.1) is 19.2 Å². The summed E-state index contributed by atoms with van der Waals surface area (Å²) in [7, 11) is 1.54. The monoisotopic (exact) mass is 256 g/mol. The number of ether oxygens (including phenoxy) is 1. The van der Waals surface area contributed by atoms with Crippen LogP contribution in [0.1, 0.15) is 27.2 Å². The summed E-state index contributed by atoms with van der Waals surface area (Å²) >= 11 is 0. The molecule has 1 aromatic heterocycles. The van der Waals surface area contributed by atoms with Crippen molar-refractivity contribution in [1.82, 2.24) is 9.97 Å². The molecule has 0 aliphatic heterocycles. The first-order valence-electron chi connectivity index (χ1n) is 6.05. The van der Waals surface area contributed by atoms with Crippen LogP contribution in [0.2, 0.25) is 0 Å². The van der Waals surface area contributed by atoms with Gasteiger partial charge in [-0.2, -0.15) is 0 Å². The van der Waals surface area contributed by atoms with Crippen LogP contribution in [0.5, 0.6) is 5.88 Å². The number of nitrogens with zero attached hydrogens (tertiary/aromatic N) is 2. The Balaban J connectivity index is 2.20. The highest BCUT2D eigenvalue weighted by Gasteiger charge is 2.11. The summed E-state index contributed by atoms with van der Waals surface area (Å²) in [5.41, 5.74) is 3.55. The summed E-state index contributed by atoms with van der Waals surface area (Å²) in [6.45, 7) is 3.96. The topological polar surface area (TPSA) is 52.1 Å². The molecule has 1 aromatic carbocycles. The number of carbonyl (C=O) groups is 1. The van der Waals surface area contributed by atoms with Crippen molar-refractivity contribution in [1.29, 1.82) is 0 Å². The van der Waals surface area contributed by atoms with Gasteiger partial charge in [0.15, 0.2) is 5.78 Å². The van der Waals surface area contributed by atoms with Crippen molar-refractivity contribution in [3.05, 3.63) is 53.0 Å². The summed E-state index contributed by atoms with van der Waals surface area (Å²) in [5.74, 6) is 0.525. The second kappa shape index (κ2) is 5.61. The van der Waals surface area contributed by atoms with Gasteiger partial charge in [-0.25, -0.2) is 9.97 Å². The van der Waals surface area contributed by atoms with Crippen LogP contribution in [-0.2, 0) is 6.42 Å². The van der Waals surface area contributed by atoms with Crippen molar-refractivity contribution < 1.29 is 9.53 Å². The lowest BCUT2D eigenvalue weighted by molar-refractivity contribution is 0.0991. The highest BCUT2D eigenvalue weighted by Crippen LogP contribution is 2.14. The molecule has 0 spiro atoms. The van der Waals surface area contributed by atoms with Crippen LogP contribution in [0.4, 0.5) is 0 Å². The molecule has 0 atom stereocenters. The van der Waals surface area contributed by atoms with Crippen molar-refractivity contribution in [2.45, 2.75) is 20.3 Å². The van der Waals surface area contributed by atoms with E-state index in [0.717, 1.165) is 16.7 Å². The van der Waals surface area contributed by atoms with Crippen molar-refractivity contribution in [2.24, 2.45) is 0 Å². The molecular weight excluding hydrogens is 240 g/mol. The van der Waals surface area contributed by atoms with E-state index in [0.29, 0.717) is 11.6 Å². The van der Waals surface area contributed by atoms with Crippen LogP contribution in [0.25, 0.3) is 0 Å². The maximum atomic E-state index is 12.2. The van der Waals surface area contributed by atoms with Crippen molar-refractivity contribution >= 4 is 5.78 Å². The van der Waals surface area contributed by atoms with Crippen LogP contribution in [0.15, 0.2) is 30.6 Å². The molecule has 0 N–H and O–H groups in total. The summed E-state index contributed by atoms with van der Waals surface area (Å²) in [4.78, 5) is 20.3. The SMILES string of the molecule is COc1cc(CC(=O)c2ccc(C)cc2C)ncn1. The van der Waals surface area contributed by atoms with E-state index in [4.69, 9.17) is 4.74 Å². The average Bonchev–Trinajstić information content (AvgIpc) is 2.38. The lowest BCUT2D eigenvalue weighted by Crippen LogP contribution is -2.07. The Hall–Kier alpha value is -2.23. The number of carbonyl (C=O) groups excluding carboxylic acids is 1. The molecule has 0 bridgehead atoms. The molecule has 19 heavy (non-hydrogen) atoms. The van der Waals surface area contributed by atoms with Gasteiger partial charge in [-0.1, -0.05) is 23.8 Å². The van der Waals surface area contributed by atoms with Crippen LogP contribution in [-0.4, -0.2) is 22.9 Å². The van der Waals surface area contributed by atoms with Gasteiger partial charge in [-0.05, 0) is 19.4 Å². The first-order chi connectivity index (χ1) is 9.10. The number of ketones is 1. The molecular formula is C15H16N2O2. The fraction of sp³-hybridized carbons (Fsp3) is 0.267. The molecule has 4 heteroatoms. The molecule has 1 heterocycles. The Morgan fingerprint density at radius 1 is 1.21 bits per heavy atom. The van der Waals surface area contributed by atoms with E-state index in [1.807, 2.05) is 32.0 Å². The smallest absolute Gasteiger partial charge is 0.216 e. The Morgan fingerprint density at radius 3 is 2.68 bits per heavy atom. The molecule has 0 unspecified atom stereocenters. The molecule has 0 radical (unpaired) electrons. The minimum Gasteiger partial charge on any atom is -0.481 e. The number of aromatic nitrogens is 2. The molecule has 0 saturated carbocycles. The van der Waals surface area contributed by atoms with Gasteiger partial charge in [-0.3, -0.25) is 4.79 Å². The molecule has 0 aliphatic rings. The molecule has 0 fully saturated rings. The predicted molar refractivity (Wildman–Crippen MR) is 72.5 cm³/mol. The lowest BCUT2D eigenvalue weighted by atomic mass is 9.99. The second-order valence-corrected chi connectivity index (χ2v) is 4.47. The summed E-state index contributed by atoms with van der Waals surface area (Å²) in [6, 6.07) is 7.50. The molecule has 4 nitrogen and oxygen atoms in total. The molecule has 0 saturated heterocycles. The zero-order valence-electron chi connectivity index (χ0n) is 11.3. The number of methoxy groups -OCH3 is 1. The van der Waals surface area contributed by atoms with E-state index in [2.05, 4.69) is 9.97 Å². The highest BCUT2D eigenvalue weighted by molar-refractivity contribution is 5.98. The first-order valence-corrected chi connectivity index (χ1v) is 6.05. The van der Waals surface area contributed by atoms with E-state index in [9.17, 15) is 4.79 Å². The minimum atomic E-state index is 0.0539. The standard InChI is InChI=1S/C15H16N2O2/c1-10-4-5-13(11(2)6-10)14(18)7-12-8-15(19-3)17-9-16-12/h4-6,8-9H,7H2,1-3H3. The van der Waals surface area contributed by atoms with Crippen LogP contribution >= 0.6 is 0 Å². The summed E-state index contributed by atoms with van der Waals surface area (Å²) < 4.78 is 5.02. The first kappa shape index (κ1) is 13.2. The third-order valence-corrected chi connectivity index (χ3v) is 2.93. The highest BCUT2D eigenvalue weighted by atomic mass is 16.5. The van der Waals surface area contributed by atoms with Gasteiger partial charge in [0.2, 0.25) is 5.88 Å². The lowest BCUT2D eigenvalue weighted by Gasteiger charge is -2.06. The van der Waals surface area contributed by atoms with Gasteiger partial charge in [0.1, 0.15) is 6.33 Å². The van der Waals surface area contributed by atoms with Crippen LogP contribution < -0.4 is 4.74 Å². The van der Waals surface area contributed by atoms with E-state index < -0.39 is 0 Å². The predicted octanol–water partition coefficient (Wildman–Crippen LogP) is 2.53. The quantitative estimate of drug-likeness (QED) is 0.789. The second-order valence-electron chi connectivity index (χ2n) is 4.47. The van der Waals surface area contributed by atoms with Crippen molar-refractivity contribution in [3.63, 3.8) is 0 Å². The van der Waals surface area contributed by atoms with E-state index in [-0.39, 0.29) is 12.2 Å². The summed E-state index contributed by atoms with van der Waals surface area (Å²) in [5, 5.41) is 0. The average molecular weight is 256 g/mol. The van der Waals surface area contributed by atoms with Gasteiger partial charge >= 0.3 is 0 Å². The number of rotatable bonds is 4. The van der Waals surface area contributed by atoms with Crippen LogP contribution in [0, 0.1) is 13.8 Å². The molecule has 0 aliphatic carbocycles. The fourth-order valence-electron chi connectivity index (χ4n) is 1.97. The number of aryl methyl sites for hydroxylation is 2. The Morgan fingerprint density at radius 2 is 2.00 bits per heavy atom.